The highest BCUT2D eigenvalue weighted by Crippen LogP contribution is 2.22. The Bertz CT molecular complexity index is 471. The summed E-state index contributed by atoms with van der Waals surface area (Å²) in [5.74, 6) is -1.17. The van der Waals surface area contributed by atoms with Crippen molar-refractivity contribution >= 4 is 28.2 Å². The van der Waals surface area contributed by atoms with Crippen LogP contribution < -0.4 is 5.32 Å². The minimum atomic E-state index is -0.824. The minimum absolute atomic E-state index is 0.0633. The molecule has 0 bridgehead atoms. The summed E-state index contributed by atoms with van der Waals surface area (Å²) in [6.07, 6.45) is 2.11. The molecule has 2 N–H and O–H groups in total. The number of unbranched alkanes of at least 4 members (excludes halogenated alkanes) is 2. The number of thiophene rings is 1. The number of hydrogen-bond donors (Lipinski definition) is 2. The smallest absolute Gasteiger partial charge is 0.324 e. The first-order valence-corrected chi connectivity index (χ1v) is 6.61. The molecule has 8 heteroatoms. The number of nitrogens with zero attached hydrogens (tertiary/aromatic N) is 1. The van der Waals surface area contributed by atoms with Gasteiger partial charge in [0.25, 0.3) is 5.91 Å². The summed E-state index contributed by atoms with van der Waals surface area (Å²) in [7, 11) is 0. The van der Waals surface area contributed by atoms with Crippen molar-refractivity contribution in [1.82, 2.24) is 5.32 Å². The second-order valence-electron chi connectivity index (χ2n) is 3.89. The molecule has 104 valence electrons. The summed E-state index contributed by atoms with van der Waals surface area (Å²) in [4.78, 5) is 31.8. The molecule has 1 heterocycles. The van der Waals surface area contributed by atoms with E-state index in [4.69, 9.17) is 5.11 Å². The molecule has 0 atom stereocenters. The standard InChI is InChI=1S/C11H14N2O5S/c14-10(15)4-2-1-3-5-12-11(16)8-6-9(13(17)18)19-7-8/h6-7H,1-5H2,(H,12,16)(H,14,15). The lowest BCUT2D eigenvalue weighted by molar-refractivity contribution is -0.380. The predicted molar refractivity (Wildman–Crippen MR) is 69.4 cm³/mol. The van der Waals surface area contributed by atoms with Crippen LogP contribution in [-0.2, 0) is 4.79 Å². The zero-order valence-electron chi connectivity index (χ0n) is 10.1. The van der Waals surface area contributed by atoms with Crippen LogP contribution in [0, 0.1) is 10.1 Å². The average molecular weight is 286 g/mol. The molecule has 0 aromatic carbocycles. The van der Waals surface area contributed by atoms with Crippen LogP contribution in [0.1, 0.15) is 36.0 Å². The van der Waals surface area contributed by atoms with E-state index < -0.39 is 10.9 Å². The van der Waals surface area contributed by atoms with Crippen LogP contribution in [0.5, 0.6) is 0 Å². The largest absolute Gasteiger partial charge is 0.481 e. The Morgan fingerprint density at radius 3 is 2.68 bits per heavy atom. The average Bonchev–Trinajstić information content (AvgIpc) is 2.82. The molecule has 1 amide bonds. The Morgan fingerprint density at radius 1 is 1.37 bits per heavy atom. The third kappa shape index (κ3) is 5.47. The lowest BCUT2D eigenvalue weighted by atomic mass is 10.2. The van der Waals surface area contributed by atoms with Gasteiger partial charge in [-0.3, -0.25) is 19.7 Å². The Kier molecular flexibility index (Phi) is 5.94. The molecule has 0 saturated carbocycles. The van der Waals surface area contributed by atoms with E-state index in [1.54, 1.807) is 0 Å². The van der Waals surface area contributed by atoms with Gasteiger partial charge in [0.2, 0.25) is 0 Å². The van der Waals surface area contributed by atoms with Crippen LogP contribution in [0.2, 0.25) is 0 Å². The second-order valence-corrected chi connectivity index (χ2v) is 4.78. The van der Waals surface area contributed by atoms with Crippen molar-refractivity contribution in [2.75, 3.05) is 6.54 Å². The van der Waals surface area contributed by atoms with Crippen molar-refractivity contribution in [3.63, 3.8) is 0 Å². The fraction of sp³-hybridized carbons (Fsp3) is 0.455. The number of nitro groups is 1. The second kappa shape index (κ2) is 7.47. The molecule has 0 aliphatic carbocycles. The number of aliphatic carboxylic acids is 1. The van der Waals surface area contributed by atoms with Gasteiger partial charge in [0.1, 0.15) is 0 Å². The van der Waals surface area contributed by atoms with Gasteiger partial charge in [-0.2, -0.15) is 0 Å². The SMILES string of the molecule is O=C(O)CCCCCNC(=O)c1csc([N+](=O)[O-])c1. The number of carboxylic acid groups (broad SMARTS) is 1. The van der Waals surface area contributed by atoms with E-state index in [1.165, 1.54) is 11.4 Å². The fourth-order valence-electron chi connectivity index (χ4n) is 1.42. The first-order valence-electron chi connectivity index (χ1n) is 5.73. The fourth-order valence-corrected chi connectivity index (χ4v) is 2.13. The van der Waals surface area contributed by atoms with Gasteiger partial charge in [-0.05, 0) is 12.8 Å². The topological polar surface area (TPSA) is 110 Å². The maximum atomic E-state index is 11.6. The van der Waals surface area contributed by atoms with Gasteiger partial charge < -0.3 is 10.4 Å². The molecule has 1 aromatic heterocycles. The highest BCUT2D eigenvalue weighted by atomic mass is 32.1. The quantitative estimate of drug-likeness (QED) is 0.431. The van der Waals surface area contributed by atoms with E-state index in [0.29, 0.717) is 19.4 Å². The van der Waals surface area contributed by atoms with Crippen molar-refractivity contribution < 1.29 is 19.6 Å². The zero-order valence-corrected chi connectivity index (χ0v) is 10.9. The summed E-state index contributed by atoms with van der Waals surface area (Å²) in [5.41, 5.74) is 0.280. The number of hydrogen-bond acceptors (Lipinski definition) is 5. The number of carbonyl (C=O) groups is 2. The zero-order chi connectivity index (χ0) is 14.3. The molecule has 0 spiro atoms. The molecule has 0 aliphatic rings. The number of nitrogens with one attached hydrogen (secondary N) is 1. The normalized spacial score (nSPS) is 10.1. The van der Waals surface area contributed by atoms with Crippen LogP contribution in [-0.4, -0.2) is 28.5 Å². The minimum Gasteiger partial charge on any atom is -0.481 e. The highest BCUT2D eigenvalue weighted by Gasteiger charge is 2.14. The molecule has 0 unspecified atom stereocenters. The van der Waals surface area contributed by atoms with Crippen molar-refractivity contribution in [2.45, 2.75) is 25.7 Å². The lowest BCUT2D eigenvalue weighted by Crippen LogP contribution is -2.23. The van der Waals surface area contributed by atoms with Gasteiger partial charge in [-0.25, -0.2) is 0 Å². The van der Waals surface area contributed by atoms with E-state index in [-0.39, 0.29) is 22.9 Å². The van der Waals surface area contributed by atoms with Gasteiger partial charge in [-0.1, -0.05) is 17.8 Å². The third-order valence-corrected chi connectivity index (χ3v) is 3.26. The number of carboxylic acids is 1. The van der Waals surface area contributed by atoms with Crippen molar-refractivity contribution in [3.8, 4) is 0 Å². The van der Waals surface area contributed by atoms with E-state index in [0.717, 1.165) is 17.8 Å². The molecular weight excluding hydrogens is 272 g/mol. The molecule has 19 heavy (non-hydrogen) atoms. The summed E-state index contributed by atoms with van der Waals surface area (Å²) in [6.45, 7) is 0.433. The molecule has 7 nitrogen and oxygen atoms in total. The van der Waals surface area contributed by atoms with Crippen LogP contribution in [0.15, 0.2) is 11.4 Å². The van der Waals surface area contributed by atoms with Crippen LogP contribution in [0.25, 0.3) is 0 Å². The van der Waals surface area contributed by atoms with E-state index in [2.05, 4.69) is 5.32 Å². The maximum Gasteiger partial charge on any atom is 0.324 e. The van der Waals surface area contributed by atoms with Crippen molar-refractivity contribution in [3.05, 3.63) is 27.1 Å². The van der Waals surface area contributed by atoms with Crippen LogP contribution >= 0.6 is 11.3 Å². The highest BCUT2D eigenvalue weighted by molar-refractivity contribution is 7.13. The Hall–Kier alpha value is -1.96. The van der Waals surface area contributed by atoms with E-state index in [1.807, 2.05) is 0 Å². The molecule has 0 aliphatic heterocycles. The lowest BCUT2D eigenvalue weighted by Gasteiger charge is -2.02. The Morgan fingerprint density at radius 2 is 2.11 bits per heavy atom. The van der Waals surface area contributed by atoms with Gasteiger partial charge in [0.15, 0.2) is 0 Å². The van der Waals surface area contributed by atoms with Crippen molar-refractivity contribution in [1.29, 1.82) is 0 Å². The van der Waals surface area contributed by atoms with E-state index >= 15 is 0 Å². The number of amides is 1. The van der Waals surface area contributed by atoms with Gasteiger partial charge in [0.05, 0.1) is 10.5 Å². The summed E-state index contributed by atoms with van der Waals surface area (Å²) >= 11 is 0.911. The summed E-state index contributed by atoms with van der Waals surface area (Å²) < 4.78 is 0. The monoisotopic (exact) mass is 286 g/mol. The number of rotatable bonds is 8. The molecule has 1 rings (SSSR count). The van der Waals surface area contributed by atoms with Crippen LogP contribution in [0.3, 0.4) is 0 Å². The molecule has 1 aromatic rings. The molecular formula is C11H14N2O5S. The van der Waals surface area contributed by atoms with Gasteiger partial charge in [-0.15, -0.1) is 0 Å². The summed E-state index contributed by atoms with van der Waals surface area (Å²) in [6, 6.07) is 1.24. The third-order valence-electron chi connectivity index (χ3n) is 2.38. The molecule has 0 radical (unpaired) electrons. The first kappa shape index (κ1) is 15.1. The Labute approximate surface area is 113 Å². The number of carbonyl (C=O) groups excluding carboxylic acids is 1. The van der Waals surface area contributed by atoms with Gasteiger partial charge >= 0.3 is 11.0 Å². The predicted octanol–water partition coefficient (Wildman–Crippen LogP) is 2.03. The van der Waals surface area contributed by atoms with Gasteiger partial charge in [0, 0.05) is 24.4 Å². The van der Waals surface area contributed by atoms with Crippen LogP contribution in [0.4, 0.5) is 5.00 Å². The molecule has 0 saturated heterocycles. The maximum absolute atomic E-state index is 11.6. The van der Waals surface area contributed by atoms with Crippen molar-refractivity contribution in [2.24, 2.45) is 0 Å². The van der Waals surface area contributed by atoms with E-state index in [9.17, 15) is 19.7 Å². The first-order chi connectivity index (χ1) is 9.00. The Balaban J connectivity index is 2.23. The molecule has 0 fully saturated rings. The summed E-state index contributed by atoms with van der Waals surface area (Å²) in [5, 5.41) is 22.9.